The third-order valence-corrected chi connectivity index (χ3v) is 2.21. The number of carboxylic acid groups (broad SMARTS) is 1. The van der Waals surface area contributed by atoms with Crippen molar-refractivity contribution >= 4 is 12.1 Å². The van der Waals surface area contributed by atoms with Crippen LogP contribution in [0.25, 0.3) is 0 Å². The van der Waals surface area contributed by atoms with Crippen molar-refractivity contribution < 1.29 is 19.4 Å². The Bertz CT molecular complexity index is 257. The number of alkyl carbamates (subject to hydrolysis) is 1. The molecule has 5 nitrogen and oxygen atoms in total. The lowest BCUT2D eigenvalue weighted by atomic mass is 9.96. The van der Waals surface area contributed by atoms with Gasteiger partial charge in [-0.15, -0.1) is 0 Å². The van der Waals surface area contributed by atoms with Crippen molar-refractivity contribution in [1.29, 1.82) is 0 Å². The first kappa shape index (κ1) is 14.7. The van der Waals surface area contributed by atoms with Gasteiger partial charge in [-0.2, -0.15) is 0 Å². The van der Waals surface area contributed by atoms with Gasteiger partial charge in [-0.05, 0) is 26.7 Å². The number of ether oxygens (including phenoxy) is 1. The highest BCUT2D eigenvalue weighted by molar-refractivity contribution is 5.70. The van der Waals surface area contributed by atoms with E-state index >= 15 is 0 Å². The zero-order valence-corrected chi connectivity index (χ0v) is 10.5. The Morgan fingerprint density at radius 3 is 2.19 bits per heavy atom. The molecular weight excluding hydrogens is 210 g/mol. The molecule has 0 aliphatic carbocycles. The molecule has 0 aromatic rings. The summed E-state index contributed by atoms with van der Waals surface area (Å²) < 4.78 is 5.03. The largest absolute Gasteiger partial charge is 0.481 e. The summed E-state index contributed by atoms with van der Waals surface area (Å²) >= 11 is 0. The Morgan fingerprint density at radius 1 is 1.31 bits per heavy atom. The van der Waals surface area contributed by atoms with Crippen LogP contribution in [0.4, 0.5) is 4.79 Å². The molecule has 1 amide bonds. The van der Waals surface area contributed by atoms with Gasteiger partial charge in [0.25, 0.3) is 0 Å². The standard InChI is InChI=1S/C11H21NO4/c1-7(8(2)9(13)14)6-12-10(15)16-11(3,4)5/h7-8H,6H2,1-5H3,(H,12,15)(H,13,14)/t7-,8-/m0/s1. The minimum atomic E-state index is -0.863. The molecule has 0 spiro atoms. The number of hydrogen-bond acceptors (Lipinski definition) is 3. The third-order valence-electron chi connectivity index (χ3n) is 2.21. The molecule has 16 heavy (non-hydrogen) atoms. The first-order valence-electron chi connectivity index (χ1n) is 5.33. The van der Waals surface area contributed by atoms with E-state index in [4.69, 9.17) is 9.84 Å². The van der Waals surface area contributed by atoms with Gasteiger partial charge in [-0.3, -0.25) is 4.79 Å². The molecule has 0 saturated carbocycles. The molecule has 5 heteroatoms. The molecule has 0 rings (SSSR count). The van der Waals surface area contributed by atoms with Crippen LogP contribution in [0.1, 0.15) is 34.6 Å². The lowest BCUT2D eigenvalue weighted by Gasteiger charge is -2.21. The maximum Gasteiger partial charge on any atom is 0.407 e. The molecule has 2 atom stereocenters. The maximum absolute atomic E-state index is 11.3. The van der Waals surface area contributed by atoms with E-state index in [2.05, 4.69) is 5.32 Å². The molecule has 0 unspecified atom stereocenters. The Balaban J connectivity index is 3.97. The first-order valence-corrected chi connectivity index (χ1v) is 5.33. The molecule has 2 N–H and O–H groups in total. The fraction of sp³-hybridized carbons (Fsp3) is 0.818. The van der Waals surface area contributed by atoms with Gasteiger partial charge < -0.3 is 15.2 Å². The van der Waals surface area contributed by atoms with Gasteiger partial charge in [0.2, 0.25) is 0 Å². The van der Waals surface area contributed by atoms with Crippen LogP contribution in [0.5, 0.6) is 0 Å². The summed E-state index contributed by atoms with van der Waals surface area (Å²) in [5.41, 5.74) is -0.536. The molecule has 0 saturated heterocycles. The fourth-order valence-corrected chi connectivity index (χ4v) is 0.979. The van der Waals surface area contributed by atoms with Crippen LogP contribution in [0.2, 0.25) is 0 Å². The minimum absolute atomic E-state index is 0.134. The number of nitrogens with one attached hydrogen (secondary N) is 1. The molecule has 0 aromatic heterocycles. The van der Waals surface area contributed by atoms with E-state index in [1.54, 1.807) is 34.6 Å². The molecule has 0 aliphatic rings. The second-order valence-corrected chi connectivity index (χ2v) is 4.99. The van der Waals surface area contributed by atoms with Crippen molar-refractivity contribution in [3.8, 4) is 0 Å². The second-order valence-electron chi connectivity index (χ2n) is 4.99. The van der Waals surface area contributed by atoms with Gasteiger partial charge in [-0.1, -0.05) is 13.8 Å². The summed E-state index contributed by atoms with van der Waals surface area (Å²) in [6.45, 7) is 9.00. The van der Waals surface area contributed by atoms with Gasteiger partial charge in [0, 0.05) is 6.54 Å². The van der Waals surface area contributed by atoms with E-state index in [9.17, 15) is 9.59 Å². The molecular formula is C11H21NO4. The Hall–Kier alpha value is -1.26. The van der Waals surface area contributed by atoms with Gasteiger partial charge >= 0.3 is 12.1 Å². The van der Waals surface area contributed by atoms with Crippen LogP contribution in [0.3, 0.4) is 0 Å². The quantitative estimate of drug-likeness (QED) is 0.774. The smallest absolute Gasteiger partial charge is 0.407 e. The van der Waals surface area contributed by atoms with Crippen LogP contribution in [0, 0.1) is 11.8 Å². The summed E-state index contributed by atoms with van der Waals surface area (Å²) in [7, 11) is 0. The normalized spacial score (nSPS) is 15.1. The average Bonchev–Trinajstić information content (AvgIpc) is 2.09. The lowest BCUT2D eigenvalue weighted by molar-refractivity contribution is -0.142. The van der Waals surface area contributed by atoms with Gasteiger partial charge in [0.1, 0.15) is 5.60 Å². The highest BCUT2D eigenvalue weighted by atomic mass is 16.6. The molecule has 94 valence electrons. The number of carbonyl (C=O) groups excluding carboxylic acids is 1. The van der Waals surface area contributed by atoms with Crippen LogP contribution in [0.15, 0.2) is 0 Å². The Morgan fingerprint density at radius 2 is 1.81 bits per heavy atom. The molecule has 0 heterocycles. The van der Waals surface area contributed by atoms with E-state index in [-0.39, 0.29) is 5.92 Å². The van der Waals surface area contributed by atoms with E-state index in [1.165, 1.54) is 0 Å². The molecule has 0 aromatic carbocycles. The Kier molecular flexibility index (Phi) is 5.27. The zero-order chi connectivity index (χ0) is 12.9. The molecule has 0 radical (unpaired) electrons. The summed E-state index contributed by atoms with van der Waals surface area (Å²) in [5, 5.41) is 11.3. The zero-order valence-electron chi connectivity index (χ0n) is 10.5. The van der Waals surface area contributed by atoms with E-state index in [0.29, 0.717) is 6.54 Å². The maximum atomic E-state index is 11.3. The lowest BCUT2D eigenvalue weighted by Crippen LogP contribution is -2.37. The predicted molar refractivity (Wildman–Crippen MR) is 60.2 cm³/mol. The number of carboxylic acids is 1. The summed E-state index contributed by atoms with van der Waals surface area (Å²) in [4.78, 5) is 21.9. The highest BCUT2D eigenvalue weighted by Crippen LogP contribution is 2.10. The van der Waals surface area contributed by atoms with E-state index < -0.39 is 23.6 Å². The van der Waals surface area contributed by atoms with Crippen molar-refractivity contribution in [2.75, 3.05) is 6.54 Å². The number of rotatable bonds is 4. The number of hydrogen-bond donors (Lipinski definition) is 2. The summed E-state index contributed by atoms with van der Waals surface area (Å²) in [6.07, 6.45) is -0.517. The van der Waals surface area contributed by atoms with Gasteiger partial charge in [-0.25, -0.2) is 4.79 Å². The van der Waals surface area contributed by atoms with Crippen LogP contribution >= 0.6 is 0 Å². The monoisotopic (exact) mass is 231 g/mol. The van der Waals surface area contributed by atoms with Gasteiger partial charge in [0.05, 0.1) is 5.92 Å². The predicted octanol–water partition coefficient (Wildman–Crippen LogP) is 1.87. The summed E-state index contributed by atoms with van der Waals surface area (Å²) in [5.74, 6) is -1.49. The van der Waals surface area contributed by atoms with Crippen molar-refractivity contribution in [2.24, 2.45) is 11.8 Å². The third kappa shape index (κ3) is 6.27. The van der Waals surface area contributed by atoms with Crippen molar-refractivity contribution in [3.05, 3.63) is 0 Å². The highest BCUT2D eigenvalue weighted by Gasteiger charge is 2.21. The fourth-order valence-electron chi connectivity index (χ4n) is 0.979. The van der Waals surface area contributed by atoms with Crippen molar-refractivity contribution in [2.45, 2.75) is 40.2 Å². The van der Waals surface area contributed by atoms with Crippen LogP contribution in [-0.2, 0) is 9.53 Å². The van der Waals surface area contributed by atoms with Crippen molar-refractivity contribution in [1.82, 2.24) is 5.32 Å². The SMILES string of the molecule is C[C@H](C(=O)O)[C@@H](C)CNC(=O)OC(C)(C)C. The van der Waals surface area contributed by atoms with Gasteiger partial charge in [0.15, 0.2) is 0 Å². The number of amides is 1. The van der Waals surface area contributed by atoms with E-state index in [1.807, 2.05) is 0 Å². The Labute approximate surface area is 96.2 Å². The van der Waals surface area contributed by atoms with Crippen molar-refractivity contribution in [3.63, 3.8) is 0 Å². The van der Waals surface area contributed by atoms with Crippen LogP contribution in [-0.4, -0.2) is 29.3 Å². The first-order chi connectivity index (χ1) is 7.13. The topological polar surface area (TPSA) is 75.6 Å². The van der Waals surface area contributed by atoms with Crippen LogP contribution < -0.4 is 5.32 Å². The molecule has 0 bridgehead atoms. The minimum Gasteiger partial charge on any atom is -0.481 e. The number of aliphatic carboxylic acids is 1. The number of carbonyl (C=O) groups is 2. The van der Waals surface area contributed by atoms with E-state index in [0.717, 1.165) is 0 Å². The average molecular weight is 231 g/mol. The molecule has 0 aliphatic heterocycles. The molecule has 0 fully saturated rings. The second kappa shape index (κ2) is 5.72. The summed E-state index contributed by atoms with van der Waals surface area (Å²) in [6, 6.07) is 0.